The van der Waals surface area contributed by atoms with Gasteiger partial charge in [0.05, 0.1) is 31.5 Å². The van der Waals surface area contributed by atoms with E-state index in [0.29, 0.717) is 25.7 Å². The topological polar surface area (TPSA) is 76.5 Å². The Labute approximate surface area is 144 Å². The molecule has 0 saturated carbocycles. The molecule has 7 nitrogen and oxygen atoms in total. The first kappa shape index (κ1) is 18.1. The minimum Gasteiger partial charge on any atom is -0.390 e. The quantitative estimate of drug-likeness (QED) is 0.680. The van der Waals surface area contributed by atoms with Crippen molar-refractivity contribution in [2.75, 3.05) is 52.5 Å². The highest BCUT2D eigenvalue weighted by atomic mass is 16.5. The van der Waals surface area contributed by atoms with E-state index in [2.05, 4.69) is 9.80 Å². The summed E-state index contributed by atoms with van der Waals surface area (Å²) < 4.78 is 5.42. The predicted molar refractivity (Wildman–Crippen MR) is 89.7 cm³/mol. The van der Waals surface area contributed by atoms with Crippen LogP contribution in [0.4, 0.5) is 0 Å². The highest BCUT2D eigenvalue weighted by molar-refractivity contribution is 5.73. The predicted octanol–water partition coefficient (Wildman–Crippen LogP) is -0.874. The van der Waals surface area contributed by atoms with Crippen LogP contribution in [-0.4, -0.2) is 108 Å². The Morgan fingerprint density at radius 2 is 1.62 bits per heavy atom. The van der Waals surface area contributed by atoms with Gasteiger partial charge in [-0.3, -0.25) is 14.6 Å². The van der Waals surface area contributed by atoms with E-state index in [-0.39, 0.29) is 11.9 Å². The number of hydrogen-bond acceptors (Lipinski definition) is 6. The molecule has 2 N–H and O–H groups in total. The lowest BCUT2D eigenvalue weighted by atomic mass is 10.0. The first-order chi connectivity index (χ1) is 11.6. The van der Waals surface area contributed by atoms with Gasteiger partial charge in [0.1, 0.15) is 0 Å². The zero-order valence-corrected chi connectivity index (χ0v) is 14.6. The van der Waals surface area contributed by atoms with E-state index in [0.717, 1.165) is 52.1 Å². The van der Waals surface area contributed by atoms with Crippen molar-refractivity contribution >= 4 is 5.91 Å². The first-order valence-corrected chi connectivity index (χ1v) is 9.23. The fourth-order valence-corrected chi connectivity index (χ4v) is 4.28. The number of ether oxygens (including phenoxy) is 1. The van der Waals surface area contributed by atoms with Gasteiger partial charge in [-0.1, -0.05) is 0 Å². The maximum Gasteiger partial charge on any atom is 0.219 e. The standard InChI is InChI=1S/C17H31N3O4/c1-13(21)18-5-2-14(3-6-18)20-7-4-16(22)17(23)15(12-20)19-8-10-24-11-9-19/h14-17,22-23H,2-12H2,1H3/t15-,16-,17+/m1/s1. The fourth-order valence-electron chi connectivity index (χ4n) is 4.28. The summed E-state index contributed by atoms with van der Waals surface area (Å²) in [4.78, 5) is 18.1. The Morgan fingerprint density at radius 3 is 2.25 bits per heavy atom. The molecule has 0 aromatic rings. The lowest BCUT2D eigenvalue weighted by Gasteiger charge is -2.42. The summed E-state index contributed by atoms with van der Waals surface area (Å²) in [5.41, 5.74) is 0. The van der Waals surface area contributed by atoms with E-state index in [4.69, 9.17) is 4.74 Å². The molecular weight excluding hydrogens is 310 g/mol. The Bertz CT molecular complexity index is 422. The molecule has 0 aliphatic carbocycles. The second kappa shape index (κ2) is 8.10. The molecule has 1 amide bonds. The van der Waals surface area contributed by atoms with E-state index >= 15 is 0 Å². The van der Waals surface area contributed by atoms with Crippen molar-refractivity contribution in [3.8, 4) is 0 Å². The smallest absolute Gasteiger partial charge is 0.219 e. The average Bonchev–Trinajstić information content (AvgIpc) is 2.76. The van der Waals surface area contributed by atoms with Gasteiger partial charge in [0.25, 0.3) is 0 Å². The number of aliphatic hydroxyl groups excluding tert-OH is 2. The molecule has 3 aliphatic rings. The second-order valence-corrected chi connectivity index (χ2v) is 7.29. The lowest BCUT2D eigenvalue weighted by Crippen LogP contribution is -2.56. The van der Waals surface area contributed by atoms with Crippen LogP contribution >= 0.6 is 0 Å². The molecule has 0 spiro atoms. The Morgan fingerprint density at radius 1 is 0.958 bits per heavy atom. The fraction of sp³-hybridized carbons (Fsp3) is 0.941. The highest BCUT2D eigenvalue weighted by Gasteiger charge is 2.38. The van der Waals surface area contributed by atoms with E-state index in [1.54, 1.807) is 6.92 Å². The van der Waals surface area contributed by atoms with Gasteiger partial charge in [0.15, 0.2) is 0 Å². The number of likely N-dealkylation sites (tertiary alicyclic amines) is 2. The van der Waals surface area contributed by atoms with E-state index < -0.39 is 12.2 Å². The molecule has 3 rings (SSSR count). The molecule has 0 radical (unpaired) electrons. The van der Waals surface area contributed by atoms with E-state index in [1.807, 2.05) is 4.90 Å². The highest BCUT2D eigenvalue weighted by Crippen LogP contribution is 2.24. The van der Waals surface area contributed by atoms with Crippen LogP contribution in [-0.2, 0) is 9.53 Å². The third kappa shape index (κ3) is 4.08. The van der Waals surface area contributed by atoms with Crippen molar-refractivity contribution in [3.05, 3.63) is 0 Å². The number of carbonyl (C=O) groups is 1. The maximum absolute atomic E-state index is 11.5. The summed E-state index contributed by atoms with van der Waals surface area (Å²) in [6, 6.07) is 0.388. The minimum atomic E-state index is -0.703. The van der Waals surface area contributed by atoms with Gasteiger partial charge in [-0.05, 0) is 19.3 Å². The van der Waals surface area contributed by atoms with Gasteiger partial charge in [0, 0.05) is 52.2 Å². The zero-order chi connectivity index (χ0) is 17.1. The Kier molecular flexibility index (Phi) is 6.10. The van der Waals surface area contributed by atoms with Crippen LogP contribution in [0.5, 0.6) is 0 Å². The normalized spacial score (nSPS) is 35.0. The third-order valence-electron chi connectivity index (χ3n) is 5.86. The van der Waals surface area contributed by atoms with Crippen LogP contribution in [0.3, 0.4) is 0 Å². The number of aliphatic hydroxyl groups is 2. The van der Waals surface area contributed by atoms with Gasteiger partial charge in [-0.25, -0.2) is 0 Å². The number of rotatable bonds is 2. The molecule has 3 fully saturated rings. The molecule has 0 aromatic carbocycles. The monoisotopic (exact) mass is 341 g/mol. The van der Waals surface area contributed by atoms with Gasteiger partial charge in [-0.15, -0.1) is 0 Å². The molecule has 3 atom stereocenters. The number of amides is 1. The molecule has 7 heteroatoms. The van der Waals surface area contributed by atoms with Crippen molar-refractivity contribution in [1.29, 1.82) is 0 Å². The van der Waals surface area contributed by atoms with Crippen molar-refractivity contribution in [2.45, 2.75) is 50.5 Å². The van der Waals surface area contributed by atoms with Crippen molar-refractivity contribution < 1.29 is 19.7 Å². The van der Waals surface area contributed by atoms with Crippen LogP contribution in [0, 0.1) is 0 Å². The van der Waals surface area contributed by atoms with Crippen LogP contribution in [0.15, 0.2) is 0 Å². The van der Waals surface area contributed by atoms with E-state index in [1.165, 1.54) is 0 Å². The van der Waals surface area contributed by atoms with Gasteiger partial charge < -0.3 is 19.8 Å². The summed E-state index contributed by atoms with van der Waals surface area (Å²) in [5, 5.41) is 20.9. The number of hydrogen-bond donors (Lipinski definition) is 2. The molecule has 3 saturated heterocycles. The summed E-state index contributed by atoms with van der Waals surface area (Å²) in [6.45, 7) is 7.84. The van der Waals surface area contributed by atoms with Crippen LogP contribution in [0.25, 0.3) is 0 Å². The molecule has 0 aromatic heterocycles. The molecule has 3 aliphatic heterocycles. The van der Waals surface area contributed by atoms with Crippen molar-refractivity contribution in [1.82, 2.24) is 14.7 Å². The molecule has 0 unspecified atom stereocenters. The Balaban J connectivity index is 1.64. The molecule has 3 heterocycles. The third-order valence-corrected chi connectivity index (χ3v) is 5.86. The number of carbonyl (C=O) groups excluding carboxylic acids is 1. The Hall–Kier alpha value is -0.730. The lowest BCUT2D eigenvalue weighted by molar-refractivity contribution is -0.130. The molecule has 0 bridgehead atoms. The van der Waals surface area contributed by atoms with Crippen molar-refractivity contribution in [2.24, 2.45) is 0 Å². The number of morpholine rings is 1. The summed E-state index contributed by atoms with van der Waals surface area (Å²) in [7, 11) is 0. The minimum absolute atomic E-state index is 0.0442. The largest absolute Gasteiger partial charge is 0.390 e. The average molecular weight is 341 g/mol. The van der Waals surface area contributed by atoms with Crippen LogP contribution in [0.2, 0.25) is 0 Å². The van der Waals surface area contributed by atoms with Gasteiger partial charge in [-0.2, -0.15) is 0 Å². The SMILES string of the molecule is CC(=O)N1CCC(N2CC[C@@H](O)[C@@H](O)[C@H](N3CCOCC3)C2)CC1. The number of nitrogens with zero attached hydrogens (tertiary/aromatic N) is 3. The molecular formula is C17H31N3O4. The van der Waals surface area contributed by atoms with Gasteiger partial charge >= 0.3 is 0 Å². The van der Waals surface area contributed by atoms with E-state index in [9.17, 15) is 15.0 Å². The first-order valence-electron chi connectivity index (χ1n) is 9.23. The maximum atomic E-state index is 11.5. The van der Waals surface area contributed by atoms with Crippen molar-refractivity contribution in [3.63, 3.8) is 0 Å². The van der Waals surface area contributed by atoms with Crippen LogP contribution in [0.1, 0.15) is 26.2 Å². The summed E-state index contributed by atoms with van der Waals surface area (Å²) >= 11 is 0. The summed E-state index contributed by atoms with van der Waals surface area (Å²) in [5.74, 6) is 0.154. The van der Waals surface area contributed by atoms with Crippen LogP contribution < -0.4 is 0 Å². The van der Waals surface area contributed by atoms with Gasteiger partial charge in [0.2, 0.25) is 5.91 Å². The number of piperidine rings is 1. The molecule has 24 heavy (non-hydrogen) atoms. The molecule has 138 valence electrons. The second-order valence-electron chi connectivity index (χ2n) is 7.29. The zero-order valence-electron chi connectivity index (χ0n) is 14.6. The summed E-state index contributed by atoms with van der Waals surface area (Å²) in [6.07, 6.45) is 1.18.